The molecule has 236 valence electrons. The topological polar surface area (TPSA) is 142 Å². The highest BCUT2D eigenvalue weighted by Gasteiger charge is 2.58. The zero-order valence-corrected chi connectivity index (χ0v) is 23.8. The summed E-state index contributed by atoms with van der Waals surface area (Å²) < 4.78 is 85.8. The number of nitrogens with two attached hydrogens (primary N) is 1. The SMILES string of the molecule is COc1cc(C(=O)NCC(O)(c2cc3c(c(-c4cccc(F)c4F)n2)OC[C@]3(C)C(N)=O)C(F)(F)F)cc2cn(C3CC3)nc12. The van der Waals surface area contributed by atoms with Crippen LogP contribution in [0.4, 0.5) is 22.0 Å². The zero-order chi connectivity index (χ0) is 32.5. The lowest BCUT2D eigenvalue weighted by Crippen LogP contribution is -2.51. The highest BCUT2D eigenvalue weighted by molar-refractivity contribution is 6.00. The third-order valence-corrected chi connectivity index (χ3v) is 8.22. The molecule has 3 heterocycles. The van der Waals surface area contributed by atoms with Crippen LogP contribution in [0.25, 0.3) is 22.2 Å². The molecule has 6 rings (SSSR count). The number of pyridine rings is 1. The molecule has 1 unspecified atom stereocenters. The lowest BCUT2D eigenvalue weighted by molar-refractivity contribution is -0.265. The van der Waals surface area contributed by atoms with Crippen LogP contribution in [0.15, 0.2) is 42.6 Å². The van der Waals surface area contributed by atoms with Crippen LogP contribution in [0.5, 0.6) is 11.5 Å². The van der Waals surface area contributed by atoms with Crippen molar-refractivity contribution >= 4 is 22.7 Å². The van der Waals surface area contributed by atoms with Gasteiger partial charge in [0.2, 0.25) is 11.5 Å². The Balaban J connectivity index is 1.42. The highest BCUT2D eigenvalue weighted by atomic mass is 19.4. The number of hydrogen-bond acceptors (Lipinski definition) is 7. The van der Waals surface area contributed by atoms with Gasteiger partial charge in [0.15, 0.2) is 11.6 Å². The lowest BCUT2D eigenvalue weighted by Gasteiger charge is -2.31. The van der Waals surface area contributed by atoms with E-state index in [0.29, 0.717) is 10.9 Å². The van der Waals surface area contributed by atoms with E-state index in [9.17, 15) is 36.6 Å². The molecule has 0 spiro atoms. The van der Waals surface area contributed by atoms with E-state index in [1.165, 1.54) is 26.2 Å². The fraction of sp³-hybridized carbons (Fsp3) is 0.333. The van der Waals surface area contributed by atoms with Gasteiger partial charge in [-0.15, -0.1) is 0 Å². The second-order valence-electron chi connectivity index (χ2n) is 11.3. The minimum atomic E-state index is -5.46. The Kier molecular flexibility index (Phi) is 6.99. The monoisotopic (exact) mass is 631 g/mol. The quantitative estimate of drug-likeness (QED) is 0.249. The number of fused-ring (bicyclic) bond motifs is 2. The van der Waals surface area contributed by atoms with E-state index >= 15 is 0 Å². The summed E-state index contributed by atoms with van der Waals surface area (Å²) in [4.78, 5) is 29.5. The van der Waals surface area contributed by atoms with Crippen molar-refractivity contribution in [3.63, 3.8) is 0 Å². The number of ether oxygens (including phenoxy) is 2. The summed E-state index contributed by atoms with van der Waals surface area (Å²) in [6, 6.07) is 6.68. The average molecular weight is 632 g/mol. The molecule has 0 bridgehead atoms. The zero-order valence-electron chi connectivity index (χ0n) is 23.8. The number of hydrogen-bond donors (Lipinski definition) is 3. The molecule has 4 N–H and O–H groups in total. The molecule has 2 aliphatic rings. The number of nitrogens with one attached hydrogen (secondary N) is 1. The van der Waals surface area contributed by atoms with Crippen LogP contribution >= 0.6 is 0 Å². The first-order valence-electron chi connectivity index (χ1n) is 13.7. The Morgan fingerprint density at radius 2 is 1.96 bits per heavy atom. The number of nitrogens with zero attached hydrogens (tertiary/aromatic N) is 3. The van der Waals surface area contributed by atoms with Crippen molar-refractivity contribution in [3.8, 4) is 22.8 Å². The van der Waals surface area contributed by atoms with Crippen LogP contribution in [0, 0.1) is 11.6 Å². The predicted molar refractivity (Wildman–Crippen MR) is 148 cm³/mol. The molecule has 45 heavy (non-hydrogen) atoms. The number of primary amides is 1. The lowest BCUT2D eigenvalue weighted by atomic mass is 9.81. The number of aromatic nitrogens is 3. The standard InChI is InChI=1S/C30H26F5N5O5/c1-28(27(36)42)13-45-25-18(28)10-21(38-24(25)17-4-3-5-19(31)22(17)32)29(43,30(33,34)35)12-37-26(41)14-8-15-11-40(16-6-7-16)39-23(15)20(9-14)44-2/h3-5,8-11,16,43H,6-7,12-13H2,1-2H3,(H2,36,42)(H,37,41)/t28-,29?/m0/s1. The van der Waals surface area contributed by atoms with Gasteiger partial charge in [0.1, 0.15) is 34.7 Å². The Labute approximate surface area is 251 Å². The number of rotatable bonds is 8. The van der Waals surface area contributed by atoms with Crippen molar-refractivity contribution in [2.75, 3.05) is 20.3 Å². The fourth-order valence-corrected chi connectivity index (χ4v) is 5.25. The van der Waals surface area contributed by atoms with Gasteiger partial charge in [-0.3, -0.25) is 14.3 Å². The molecule has 4 aromatic rings. The number of halogens is 5. The van der Waals surface area contributed by atoms with Crippen LogP contribution in [-0.4, -0.2) is 58.1 Å². The summed E-state index contributed by atoms with van der Waals surface area (Å²) in [6.45, 7) is -0.586. The number of amides is 2. The fourth-order valence-electron chi connectivity index (χ4n) is 5.25. The van der Waals surface area contributed by atoms with Gasteiger partial charge in [0.25, 0.3) is 5.91 Å². The van der Waals surface area contributed by atoms with Crippen LogP contribution < -0.4 is 20.5 Å². The summed E-state index contributed by atoms with van der Waals surface area (Å²) >= 11 is 0. The molecule has 0 radical (unpaired) electrons. The molecule has 1 saturated carbocycles. The summed E-state index contributed by atoms with van der Waals surface area (Å²) in [7, 11) is 1.36. The van der Waals surface area contributed by atoms with Gasteiger partial charge >= 0.3 is 6.18 Å². The van der Waals surface area contributed by atoms with Crippen molar-refractivity contribution in [2.45, 2.75) is 43.0 Å². The maximum atomic E-state index is 14.9. The molecule has 15 heteroatoms. The van der Waals surface area contributed by atoms with Gasteiger partial charge in [-0.05, 0) is 50.1 Å². The van der Waals surface area contributed by atoms with Crippen molar-refractivity contribution in [1.82, 2.24) is 20.1 Å². The minimum absolute atomic E-state index is 0.0710. The molecular formula is C30H26F5N5O5. The Morgan fingerprint density at radius 3 is 2.60 bits per heavy atom. The van der Waals surface area contributed by atoms with E-state index in [1.54, 1.807) is 10.9 Å². The highest BCUT2D eigenvalue weighted by Crippen LogP contribution is 2.48. The van der Waals surface area contributed by atoms with E-state index in [-0.39, 0.29) is 28.7 Å². The first-order valence-corrected chi connectivity index (χ1v) is 13.7. The van der Waals surface area contributed by atoms with E-state index in [2.05, 4.69) is 15.4 Å². The summed E-state index contributed by atoms with van der Waals surface area (Å²) in [6.07, 6.45) is -1.88. The normalized spacial score (nSPS) is 19.1. The first kappa shape index (κ1) is 30.2. The molecule has 2 amide bonds. The number of alkyl halides is 3. The van der Waals surface area contributed by atoms with Crippen LogP contribution in [0.3, 0.4) is 0 Å². The van der Waals surface area contributed by atoms with Gasteiger partial charge in [0.05, 0.1) is 25.4 Å². The smallest absolute Gasteiger partial charge is 0.424 e. The largest absolute Gasteiger partial charge is 0.494 e. The van der Waals surface area contributed by atoms with Crippen molar-refractivity contribution in [3.05, 3.63) is 71.1 Å². The second kappa shape index (κ2) is 10.4. The third-order valence-electron chi connectivity index (χ3n) is 8.22. The summed E-state index contributed by atoms with van der Waals surface area (Å²) in [5, 5.41) is 18.3. The molecule has 2 aromatic carbocycles. The Morgan fingerprint density at radius 1 is 1.22 bits per heavy atom. The van der Waals surface area contributed by atoms with Crippen molar-refractivity contribution in [1.29, 1.82) is 0 Å². The van der Waals surface area contributed by atoms with Gasteiger partial charge in [-0.1, -0.05) is 6.07 Å². The van der Waals surface area contributed by atoms with Crippen molar-refractivity contribution in [2.24, 2.45) is 5.73 Å². The molecule has 10 nitrogen and oxygen atoms in total. The van der Waals surface area contributed by atoms with Gasteiger partial charge in [0, 0.05) is 28.3 Å². The van der Waals surface area contributed by atoms with Gasteiger partial charge < -0.3 is 25.6 Å². The maximum Gasteiger partial charge on any atom is 0.424 e. The summed E-state index contributed by atoms with van der Waals surface area (Å²) in [5.74, 6) is -4.82. The predicted octanol–water partition coefficient (Wildman–Crippen LogP) is 4.04. The number of benzene rings is 2. The van der Waals surface area contributed by atoms with Gasteiger partial charge in [-0.2, -0.15) is 18.3 Å². The van der Waals surface area contributed by atoms with E-state index < -0.39 is 70.7 Å². The van der Waals surface area contributed by atoms with E-state index in [0.717, 1.165) is 37.1 Å². The molecule has 2 aromatic heterocycles. The van der Waals surface area contributed by atoms with Gasteiger partial charge in [-0.25, -0.2) is 13.8 Å². The molecule has 1 aliphatic carbocycles. The first-order chi connectivity index (χ1) is 21.2. The van der Waals surface area contributed by atoms with Crippen LogP contribution in [-0.2, 0) is 15.8 Å². The second-order valence-corrected chi connectivity index (χ2v) is 11.3. The maximum absolute atomic E-state index is 14.9. The number of methoxy groups -OCH3 is 1. The number of aliphatic hydroxyl groups is 1. The van der Waals surface area contributed by atoms with E-state index in [1.807, 2.05) is 0 Å². The molecule has 1 fully saturated rings. The Hall–Kier alpha value is -4.79. The number of carbonyl (C=O) groups excluding carboxylic acids is 2. The van der Waals surface area contributed by atoms with E-state index in [4.69, 9.17) is 15.2 Å². The minimum Gasteiger partial charge on any atom is -0.494 e. The number of carbonyl (C=O) groups is 2. The Bertz CT molecular complexity index is 1870. The van der Waals surface area contributed by atoms with Crippen LogP contribution in [0.2, 0.25) is 0 Å². The molecule has 1 aliphatic heterocycles. The molecule has 2 atom stereocenters. The average Bonchev–Trinajstić information content (AvgIpc) is 3.66. The van der Waals surface area contributed by atoms with Crippen molar-refractivity contribution < 1.29 is 46.1 Å². The van der Waals surface area contributed by atoms with Crippen LogP contribution in [0.1, 0.15) is 47.4 Å². The third kappa shape index (κ3) is 4.90. The molecular weight excluding hydrogens is 605 g/mol. The summed E-state index contributed by atoms with van der Waals surface area (Å²) in [5.41, 5.74) is -2.15. The molecule has 0 saturated heterocycles.